The van der Waals surface area contributed by atoms with E-state index in [1.54, 1.807) is 18.2 Å². The molecular formula is C13H14NO2P. The lowest BCUT2D eigenvalue weighted by Crippen LogP contribution is -2.05. The van der Waals surface area contributed by atoms with Crippen LogP contribution in [0.5, 0.6) is 0 Å². The van der Waals surface area contributed by atoms with Crippen molar-refractivity contribution in [2.24, 2.45) is 0 Å². The number of benzene rings is 2. The van der Waals surface area contributed by atoms with Crippen molar-refractivity contribution < 1.29 is 9.46 Å². The molecule has 0 aromatic heterocycles. The first-order valence-corrected chi connectivity index (χ1v) is 6.64. The van der Waals surface area contributed by atoms with Crippen molar-refractivity contribution in [3.63, 3.8) is 0 Å². The highest BCUT2D eigenvalue weighted by molar-refractivity contribution is 7.47. The van der Waals surface area contributed by atoms with Crippen LogP contribution in [-0.2, 0) is 4.57 Å². The molecule has 0 saturated carbocycles. The Hall–Kier alpha value is -1.57. The van der Waals surface area contributed by atoms with E-state index in [2.05, 4.69) is 0 Å². The van der Waals surface area contributed by atoms with Gasteiger partial charge in [-0.2, -0.15) is 0 Å². The van der Waals surface area contributed by atoms with Gasteiger partial charge in [0.05, 0.1) is 0 Å². The molecule has 17 heavy (non-hydrogen) atoms. The Labute approximate surface area is 101 Å². The van der Waals surface area contributed by atoms with Gasteiger partial charge < -0.3 is 10.6 Å². The van der Waals surface area contributed by atoms with Crippen LogP contribution in [0.15, 0.2) is 42.5 Å². The molecule has 0 heterocycles. The van der Waals surface area contributed by atoms with Crippen molar-refractivity contribution in [2.45, 2.75) is 6.92 Å². The van der Waals surface area contributed by atoms with Gasteiger partial charge in [0.1, 0.15) is 0 Å². The Morgan fingerprint density at radius 1 is 1.12 bits per heavy atom. The van der Waals surface area contributed by atoms with Gasteiger partial charge in [-0.25, -0.2) is 0 Å². The van der Waals surface area contributed by atoms with Gasteiger partial charge in [-0.15, -0.1) is 0 Å². The van der Waals surface area contributed by atoms with Gasteiger partial charge in [0, 0.05) is 16.6 Å². The van der Waals surface area contributed by atoms with Crippen LogP contribution < -0.4 is 11.0 Å². The van der Waals surface area contributed by atoms with Gasteiger partial charge in [-0.05, 0) is 30.2 Å². The first kappa shape index (κ1) is 11.9. The topological polar surface area (TPSA) is 63.3 Å². The summed E-state index contributed by atoms with van der Waals surface area (Å²) in [4.78, 5) is 9.39. The Balaban J connectivity index is 2.75. The minimum atomic E-state index is -2.73. The summed E-state index contributed by atoms with van der Waals surface area (Å²) in [5.41, 5.74) is 9.07. The van der Waals surface area contributed by atoms with Crippen LogP contribution in [0.25, 0.3) is 11.1 Å². The summed E-state index contributed by atoms with van der Waals surface area (Å²) in [5.74, 6) is 0. The highest BCUT2D eigenvalue weighted by Crippen LogP contribution is 2.31. The van der Waals surface area contributed by atoms with Crippen molar-refractivity contribution >= 4 is 19.0 Å². The lowest BCUT2D eigenvalue weighted by atomic mass is 9.99. The van der Waals surface area contributed by atoms with E-state index < -0.39 is 8.03 Å². The molecule has 0 fully saturated rings. The molecule has 0 aliphatic rings. The second-order valence-corrected chi connectivity index (χ2v) is 5.04. The Morgan fingerprint density at radius 3 is 2.47 bits per heavy atom. The third-order valence-electron chi connectivity index (χ3n) is 2.73. The van der Waals surface area contributed by atoms with Crippen molar-refractivity contribution in [2.75, 3.05) is 5.73 Å². The maximum absolute atomic E-state index is 11.4. The molecular weight excluding hydrogens is 233 g/mol. The molecule has 0 aliphatic heterocycles. The van der Waals surface area contributed by atoms with E-state index in [9.17, 15) is 9.46 Å². The van der Waals surface area contributed by atoms with E-state index in [1.807, 2.05) is 31.2 Å². The number of hydrogen-bond donors (Lipinski definition) is 2. The standard InChI is InChI=1S/C13H14NO2P/c1-9-5-4-8-12(17(15)16)13(9)10-6-2-3-7-11(10)14/h2-8,17H,14H2,1H3,(H,15,16). The van der Waals surface area contributed by atoms with Gasteiger partial charge in [-0.3, -0.25) is 4.57 Å². The minimum absolute atomic E-state index is 0.466. The van der Waals surface area contributed by atoms with Crippen molar-refractivity contribution in [3.8, 4) is 11.1 Å². The SMILES string of the molecule is Cc1cccc([PH](=O)O)c1-c1ccccc1N. The molecule has 3 nitrogen and oxygen atoms in total. The number of aryl methyl sites for hydroxylation is 1. The van der Waals surface area contributed by atoms with Crippen LogP contribution in [0.4, 0.5) is 5.69 Å². The zero-order valence-corrected chi connectivity index (χ0v) is 10.5. The van der Waals surface area contributed by atoms with Gasteiger partial charge in [0.15, 0.2) is 0 Å². The lowest BCUT2D eigenvalue weighted by molar-refractivity contribution is 0.513. The highest BCUT2D eigenvalue weighted by atomic mass is 31.1. The van der Waals surface area contributed by atoms with E-state index in [0.29, 0.717) is 11.0 Å². The maximum atomic E-state index is 11.4. The molecule has 4 heteroatoms. The van der Waals surface area contributed by atoms with Crippen LogP contribution in [-0.4, -0.2) is 4.89 Å². The Morgan fingerprint density at radius 2 is 1.82 bits per heavy atom. The van der Waals surface area contributed by atoms with Crippen LogP contribution in [0.2, 0.25) is 0 Å². The molecule has 0 saturated heterocycles. The second-order valence-electron chi connectivity index (χ2n) is 3.89. The maximum Gasteiger partial charge on any atom is 0.218 e. The molecule has 0 spiro atoms. The average Bonchev–Trinajstić information content (AvgIpc) is 2.30. The molecule has 0 radical (unpaired) electrons. The number of hydrogen-bond acceptors (Lipinski definition) is 2. The molecule has 0 bridgehead atoms. The predicted molar refractivity (Wildman–Crippen MR) is 71.9 cm³/mol. The third kappa shape index (κ3) is 2.26. The molecule has 0 aliphatic carbocycles. The number of anilines is 1. The molecule has 88 valence electrons. The van der Waals surface area contributed by atoms with Crippen LogP contribution in [0.3, 0.4) is 0 Å². The summed E-state index contributed by atoms with van der Waals surface area (Å²) < 4.78 is 11.4. The fraction of sp³-hybridized carbons (Fsp3) is 0.0769. The monoisotopic (exact) mass is 247 g/mol. The molecule has 2 aromatic rings. The van der Waals surface area contributed by atoms with Crippen LogP contribution in [0, 0.1) is 6.92 Å². The molecule has 1 unspecified atom stereocenters. The van der Waals surface area contributed by atoms with Gasteiger partial charge in [-0.1, -0.05) is 30.3 Å². The molecule has 3 N–H and O–H groups in total. The minimum Gasteiger partial charge on any atom is -0.398 e. The fourth-order valence-corrected chi connectivity index (χ4v) is 2.71. The second kappa shape index (κ2) is 4.74. The summed E-state index contributed by atoms with van der Waals surface area (Å²) in [5, 5.41) is 0.466. The van der Waals surface area contributed by atoms with Crippen LogP contribution >= 0.6 is 8.03 Å². The average molecular weight is 247 g/mol. The number of rotatable bonds is 2. The van der Waals surface area contributed by atoms with Gasteiger partial charge >= 0.3 is 0 Å². The van der Waals surface area contributed by atoms with Crippen molar-refractivity contribution in [1.82, 2.24) is 0 Å². The number of nitrogens with two attached hydrogens (primary N) is 1. The first-order chi connectivity index (χ1) is 8.11. The lowest BCUT2D eigenvalue weighted by Gasteiger charge is -2.12. The Kier molecular flexibility index (Phi) is 3.32. The van der Waals surface area contributed by atoms with Crippen molar-refractivity contribution in [3.05, 3.63) is 48.0 Å². The normalized spacial score (nSPS) is 12.4. The summed E-state index contributed by atoms with van der Waals surface area (Å²) in [6.45, 7) is 1.91. The molecule has 2 rings (SSSR count). The summed E-state index contributed by atoms with van der Waals surface area (Å²) in [6.07, 6.45) is 0. The summed E-state index contributed by atoms with van der Waals surface area (Å²) in [7, 11) is -2.73. The van der Waals surface area contributed by atoms with E-state index in [4.69, 9.17) is 5.73 Å². The zero-order valence-electron chi connectivity index (χ0n) is 9.47. The van der Waals surface area contributed by atoms with Crippen LogP contribution in [0.1, 0.15) is 5.56 Å². The first-order valence-electron chi connectivity index (χ1n) is 5.29. The van der Waals surface area contributed by atoms with E-state index in [0.717, 1.165) is 16.7 Å². The van der Waals surface area contributed by atoms with Crippen molar-refractivity contribution in [1.29, 1.82) is 0 Å². The van der Waals surface area contributed by atoms with Gasteiger partial charge in [0.25, 0.3) is 0 Å². The molecule has 1 atom stereocenters. The van der Waals surface area contributed by atoms with E-state index in [-0.39, 0.29) is 0 Å². The third-order valence-corrected chi connectivity index (χ3v) is 3.61. The Bertz CT molecular complexity index is 581. The largest absolute Gasteiger partial charge is 0.398 e. The summed E-state index contributed by atoms with van der Waals surface area (Å²) in [6, 6.07) is 12.7. The summed E-state index contributed by atoms with van der Waals surface area (Å²) >= 11 is 0. The zero-order chi connectivity index (χ0) is 12.4. The number of para-hydroxylation sites is 1. The number of nitrogen functional groups attached to an aromatic ring is 1. The van der Waals surface area contributed by atoms with E-state index >= 15 is 0 Å². The van der Waals surface area contributed by atoms with E-state index in [1.165, 1.54) is 0 Å². The fourth-order valence-electron chi connectivity index (χ4n) is 1.93. The quantitative estimate of drug-likeness (QED) is 0.632. The molecule has 2 aromatic carbocycles. The predicted octanol–water partition coefficient (Wildman–Crippen LogP) is 2.34. The molecule has 0 amide bonds. The highest BCUT2D eigenvalue weighted by Gasteiger charge is 2.13. The van der Waals surface area contributed by atoms with Gasteiger partial charge in [0.2, 0.25) is 8.03 Å². The smallest absolute Gasteiger partial charge is 0.218 e.